The van der Waals surface area contributed by atoms with Gasteiger partial charge in [-0.05, 0) is 44.0 Å². The number of ether oxygens (including phenoxy) is 1. The van der Waals surface area contributed by atoms with E-state index in [1.807, 2.05) is 23.1 Å². The number of rotatable bonds is 6. The monoisotopic (exact) mass is 370 g/mol. The normalized spacial score (nSPS) is 15.7. The second kappa shape index (κ2) is 9.26. The third kappa shape index (κ3) is 5.12. The van der Waals surface area contributed by atoms with Crippen LogP contribution in [0.2, 0.25) is 0 Å². The summed E-state index contributed by atoms with van der Waals surface area (Å²) in [5, 5.41) is 3.18. The van der Waals surface area contributed by atoms with Crippen LogP contribution in [0, 0.1) is 0 Å². The maximum Gasteiger partial charge on any atom is 0.341 e. The Hall–Kier alpha value is -2.76. The van der Waals surface area contributed by atoms with Crippen LogP contribution in [0.25, 0.3) is 0 Å². The van der Waals surface area contributed by atoms with Gasteiger partial charge in [-0.1, -0.05) is 25.0 Å². The SMILES string of the molecule is C[C@@H](OC(=O)c1ccccc1NCc1ccco1)C(=O)N1CCCCCC1. The Balaban J connectivity index is 1.62. The van der Waals surface area contributed by atoms with Gasteiger partial charge in [0.05, 0.1) is 18.4 Å². The highest BCUT2D eigenvalue weighted by Gasteiger charge is 2.25. The van der Waals surface area contributed by atoms with Crippen LogP contribution in [0.5, 0.6) is 0 Å². The van der Waals surface area contributed by atoms with Crippen molar-refractivity contribution in [1.29, 1.82) is 0 Å². The number of nitrogens with zero attached hydrogens (tertiary/aromatic N) is 1. The van der Waals surface area contributed by atoms with Crippen LogP contribution in [-0.2, 0) is 16.1 Å². The molecule has 0 bridgehead atoms. The molecule has 0 unspecified atom stereocenters. The molecule has 1 N–H and O–H groups in total. The zero-order valence-corrected chi connectivity index (χ0v) is 15.6. The van der Waals surface area contributed by atoms with Gasteiger partial charge in [0.25, 0.3) is 5.91 Å². The minimum Gasteiger partial charge on any atom is -0.467 e. The van der Waals surface area contributed by atoms with E-state index < -0.39 is 12.1 Å². The second-order valence-corrected chi connectivity index (χ2v) is 6.77. The van der Waals surface area contributed by atoms with Crippen LogP contribution in [0.15, 0.2) is 47.1 Å². The maximum atomic E-state index is 12.6. The van der Waals surface area contributed by atoms with E-state index >= 15 is 0 Å². The third-order valence-electron chi connectivity index (χ3n) is 4.73. The molecule has 1 amide bonds. The number of anilines is 1. The highest BCUT2D eigenvalue weighted by Crippen LogP contribution is 2.19. The number of nitrogens with one attached hydrogen (secondary N) is 1. The summed E-state index contributed by atoms with van der Waals surface area (Å²) in [6.45, 7) is 3.58. The molecule has 1 aliphatic heterocycles. The predicted molar refractivity (Wildman–Crippen MR) is 102 cm³/mol. The van der Waals surface area contributed by atoms with Gasteiger partial charge in [-0.2, -0.15) is 0 Å². The molecule has 27 heavy (non-hydrogen) atoms. The number of esters is 1. The van der Waals surface area contributed by atoms with Crippen molar-refractivity contribution in [3.05, 3.63) is 54.0 Å². The Morgan fingerprint density at radius 2 is 1.85 bits per heavy atom. The molecule has 6 nitrogen and oxygen atoms in total. The fourth-order valence-corrected chi connectivity index (χ4v) is 3.23. The summed E-state index contributed by atoms with van der Waals surface area (Å²) in [5.74, 6) is 0.141. The highest BCUT2D eigenvalue weighted by molar-refractivity contribution is 5.97. The van der Waals surface area contributed by atoms with Crippen molar-refractivity contribution >= 4 is 17.6 Å². The summed E-state index contributed by atoms with van der Waals surface area (Å²) in [7, 11) is 0. The van der Waals surface area contributed by atoms with E-state index in [9.17, 15) is 9.59 Å². The summed E-state index contributed by atoms with van der Waals surface area (Å²) in [6.07, 6.45) is 5.11. The summed E-state index contributed by atoms with van der Waals surface area (Å²) in [4.78, 5) is 27.1. The van der Waals surface area contributed by atoms with Crippen molar-refractivity contribution < 1.29 is 18.7 Å². The second-order valence-electron chi connectivity index (χ2n) is 6.77. The molecule has 1 aliphatic rings. The molecular formula is C21H26N2O4. The maximum absolute atomic E-state index is 12.6. The molecule has 1 saturated heterocycles. The van der Waals surface area contributed by atoms with Crippen molar-refractivity contribution in [2.75, 3.05) is 18.4 Å². The van der Waals surface area contributed by atoms with Gasteiger partial charge in [0.15, 0.2) is 6.10 Å². The number of hydrogen-bond donors (Lipinski definition) is 1. The number of para-hydroxylation sites is 1. The number of carbonyl (C=O) groups excluding carboxylic acids is 2. The smallest absolute Gasteiger partial charge is 0.341 e. The van der Waals surface area contributed by atoms with E-state index in [1.165, 1.54) is 0 Å². The van der Waals surface area contributed by atoms with Crippen LogP contribution in [0.4, 0.5) is 5.69 Å². The molecule has 2 aromatic rings. The fraction of sp³-hybridized carbons (Fsp3) is 0.429. The number of amides is 1. The lowest BCUT2D eigenvalue weighted by molar-refractivity contribution is -0.139. The topological polar surface area (TPSA) is 71.8 Å². The molecule has 3 rings (SSSR count). The fourth-order valence-electron chi connectivity index (χ4n) is 3.23. The van der Waals surface area contributed by atoms with Crippen molar-refractivity contribution in [1.82, 2.24) is 4.90 Å². The van der Waals surface area contributed by atoms with E-state index in [0.717, 1.165) is 44.5 Å². The molecule has 6 heteroatoms. The summed E-state index contributed by atoms with van der Waals surface area (Å²) in [5.41, 5.74) is 1.05. The number of carbonyl (C=O) groups is 2. The van der Waals surface area contributed by atoms with E-state index in [4.69, 9.17) is 9.15 Å². The van der Waals surface area contributed by atoms with Crippen molar-refractivity contribution in [3.8, 4) is 0 Å². The van der Waals surface area contributed by atoms with Crippen LogP contribution in [0.1, 0.15) is 48.7 Å². The largest absolute Gasteiger partial charge is 0.467 e. The van der Waals surface area contributed by atoms with Gasteiger partial charge in [0, 0.05) is 18.8 Å². The molecule has 1 aromatic heterocycles. The van der Waals surface area contributed by atoms with E-state index in [0.29, 0.717) is 17.8 Å². The quantitative estimate of drug-likeness (QED) is 0.782. The van der Waals surface area contributed by atoms with Crippen molar-refractivity contribution in [2.24, 2.45) is 0 Å². The van der Waals surface area contributed by atoms with E-state index in [2.05, 4.69) is 5.32 Å². The lowest BCUT2D eigenvalue weighted by Crippen LogP contribution is -2.40. The van der Waals surface area contributed by atoms with Gasteiger partial charge in [0.2, 0.25) is 0 Å². The molecule has 0 aliphatic carbocycles. The minimum atomic E-state index is -0.797. The zero-order valence-electron chi connectivity index (χ0n) is 15.6. The van der Waals surface area contributed by atoms with Crippen molar-refractivity contribution in [3.63, 3.8) is 0 Å². The molecule has 1 aromatic carbocycles. The molecule has 0 spiro atoms. The number of furan rings is 1. The molecule has 1 atom stereocenters. The standard InChI is InChI=1S/C21H26N2O4/c1-16(20(24)23-12-6-2-3-7-13-23)27-21(25)18-10-4-5-11-19(18)22-15-17-9-8-14-26-17/h4-5,8-11,14,16,22H,2-3,6-7,12-13,15H2,1H3/t16-/m1/s1. The minimum absolute atomic E-state index is 0.119. The summed E-state index contributed by atoms with van der Waals surface area (Å²) >= 11 is 0. The van der Waals surface area contributed by atoms with Gasteiger partial charge < -0.3 is 19.4 Å². The molecule has 0 radical (unpaired) electrons. The first-order valence-corrected chi connectivity index (χ1v) is 9.50. The molecule has 1 fully saturated rings. The van der Waals surface area contributed by atoms with Crippen LogP contribution < -0.4 is 5.32 Å². The van der Waals surface area contributed by atoms with Gasteiger partial charge in [-0.15, -0.1) is 0 Å². The lowest BCUT2D eigenvalue weighted by atomic mass is 10.1. The molecular weight excluding hydrogens is 344 g/mol. The van der Waals surface area contributed by atoms with E-state index in [-0.39, 0.29) is 5.91 Å². The Morgan fingerprint density at radius 3 is 2.56 bits per heavy atom. The average Bonchev–Trinajstić information content (AvgIpc) is 3.06. The van der Waals surface area contributed by atoms with Crippen LogP contribution in [-0.4, -0.2) is 36.0 Å². The average molecular weight is 370 g/mol. The number of likely N-dealkylation sites (tertiary alicyclic amines) is 1. The Labute approximate surface area is 159 Å². The Kier molecular flexibility index (Phi) is 6.52. The number of benzene rings is 1. The predicted octanol–water partition coefficient (Wildman–Crippen LogP) is 3.84. The first-order chi connectivity index (χ1) is 13.1. The van der Waals surface area contributed by atoms with Gasteiger partial charge in [-0.3, -0.25) is 4.79 Å². The van der Waals surface area contributed by atoms with Crippen LogP contribution >= 0.6 is 0 Å². The van der Waals surface area contributed by atoms with Gasteiger partial charge >= 0.3 is 5.97 Å². The van der Waals surface area contributed by atoms with E-state index in [1.54, 1.807) is 31.4 Å². The first kappa shape index (κ1) is 19.0. The molecule has 0 saturated carbocycles. The number of hydrogen-bond acceptors (Lipinski definition) is 5. The first-order valence-electron chi connectivity index (χ1n) is 9.50. The lowest BCUT2D eigenvalue weighted by Gasteiger charge is -2.24. The third-order valence-corrected chi connectivity index (χ3v) is 4.73. The summed E-state index contributed by atoms with van der Waals surface area (Å²) < 4.78 is 10.8. The van der Waals surface area contributed by atoms with Gasteiger partial charge in [0.1, 0.15) is 5.76 Å². The molecule has 2 heterocycles. The Bertz CT molecular complexity index is 749. The van der Waals surface area contributed by atoms with Crippen molar-refractivity contribution in [2.45, 2.75) is 45.3 Å². The summed E-state index contributed by atoms with van der Waals surface area (Å²) in [6, 6.07) is 10.8. The zero-order chi connectivity index (χ0) is 19.1. The highest BCUT2D eigenvalue weighted by atomic mass is 16.5. The Morgan fingerprint density at radius 1 is 1.11 bits per heavy atom. The molecule has 144 valence electrons. The van der Waals surface area contributed by atoms with Crippen LogP contribution in [0.3, 0.4) is 0 Å². The van der Waals surface area contributed by atoms with Gasteiger partial charge in [-0.25, -0.2) is 4.79 Å².